The van der Waals surface area contributed by atoms with Crippen molar-refractivity contribution in [3.63, 3.8) is 0 Å². The van der Waals surface area contributed by atoms with Crippen LogP contribution in [-0.4, -0.2) is 0 Å². The second-order valence-corrected chi connectivity index (χ2v) is 11.9. The normalized spacial score (nSPS) is 18.0. The van der Waals surface area contributed by atoms with Gasteiger partial charge in [-0.15, -0.1) is 0 Å². The van der Waals surface area contributed by atoms with Crippen molar-refractivity contribution in [2.24, 2.45) is 5.41 Å². The van der Waals surface area contributed by atoms with Crippen LogP contribution in [-0.2, 0) is 5.41 Å². The van der Waals surface area contributed by atoms with Crippen LogP contribution in [0.25, 0.3) is 18.2 Å². The molecule has 4 aliphatic rings. The Balaban J connectivity index is 0.00000124. The molecule has 0 aromatic heterocycles. The SMILES string of the molecule is C=C/C=C(\C=C)N(c1ccccc1)c1c(C=C)c(C=C)c(N(C2=CCCC=C2)c2ccccc2)c2c1C=CC13C=CC=CC21C3.CC.CC.CC.CC.CC.CC. The summed E-state index contributed by atoms with van der Waals surface area (Å²) in [6.45, 7) is 41.1. The fraction of sp³-hybridized carbons (Fsp3) is 0.309. The van der Waals surface area contributed by atoms with Crippen molar-refractivity contribution in [3.05, 3.63) is 187 Å². The highest BCUT2D eigenvalue weighted by Crippen LogP contribution is 2.74. The molecule has 1 saturated carbocycles. The lowest BCUT2D eigenvalue weighted by atomic mass is 9.73. The van der Waals surface area contributed by atoms with Crippen molar-refractivity contribution in [1.82, 2.24) is 0 Å². The molecular formula is C55H74N2. The molecular weight excluding hydrogens is 689 g/mol. The Morgan fingerprint density at radius 1 is 0.614 bits per heavy atom. The van der Waals surface area contributed by atoms with E-state index in [2.05, 4.69) is 145 Å². The molecule has 2 atom stereocenters. The van der Waals surface area contributed by atoms with Gasteiger partial charge in [0.25, 0.3) is 0 Å². The van der Waals surface area contributed by atoms with Crippen LogP contribution in [0.3, 0.4) is 0 Å². The maximum absolute atomic E-state index is 4.45. The van der Waals surface area contributed by atoms with Gasteiger partial charge >= 0.3 is 0 Å². The molecule has 2 heteroatoms. The maximum Gasteiger partial charge on any atom is 0.0616 e. The maximum atomic E-state index is 4.45. The monoisotopic (exact) mass is 763 g/mol. The van der Waals surface area contributed by atoms with Gasteiger partial charge in [0.2, 0.25) is 0 Å². The van der Waals surface area contributed by atoms with E-state index in [-0.39, 0.29) is 10.8 Å². The van der Waals surface area contributed by atoms with Crippen LogP contribution in [0.5, 0.6) is 0 Å². The topological polar surface area (TPSA) is 6.48 Å². The summed E-state index contributed by atoms with van der Waals surface area (Å²) in [5, 5.41) is 0. The second-order valence-electron chi connectivity index (χ2n) is 11.9. The molecule has 304 valence electrons. The number of para-hydroxylation sites is 2. The lowest BCUT2D eigenvalue weighted by Crippen LogP contribution is -2.29. The minimum absolute atomic E-state index is 0.0517. The predicted molar refractivity (Wildman–Crippen MR) is 263 cm³/mol. The summed E-state index contributed by atoms with van der Waals surface area (Å²) in [5.41, 5.74) is 10.8. The zero-order valence-electron chi connectivity index (χ0n) is 37.7. The molecule has 0 N–H and O–H groups in total. The fourth-order valence-corrected chi connectivity index (χ4v) is 7.56. The van der Waals surface area contributed by atoms with Gasteiger partial charge in [0.15, 0.2) is 0 Å². The zero-order valence-corrected chi connectivity index (χ0v) is 37.7. The number of hydrogen-bond acceptors (Lipinski definition) is 2. The Hall–Kier alpha value is -5.34. The highest BCUT2D eigenvalue weighted by molar-refractivity contribution is 6.00. The van der Waals surface area contributed by atoms with Crippen LogP contribution in [0.15, 0.2) is 165 Å². The third kappa shape index (κ3) is 9.98. The van der Waals surface area contributed by atoms with Gasteiger partial charge < -0.3 is 9.80 Å². The molecule has 2 nitrogen and oxygen atoms in total. The van der Waals surface area contributed by atoms with E-state index in [1.165, 1.54) is 16.8 Å². The molecule has 57 heavy (non-hydrogen) atoms. The van der Waals surface area contributed by atoms with E-state index in [0.717, 1.165) is 58.8 Å². The average Bonchev–Trinajstić information content (AvgIpc) is 4.03. The minimum Gasteiger partial charge on any atom is -0.310 e. The smallest absolute Gasteiger partial charge is 0.0616 e. The van der Waals surface area contributed by atoms with E-state index >= 15 is 0 Å². The average molecular weight is 763 g/mol. The van der Waals surface area contributed by atoms with Crippen molar-refractivity contribution < 1.29 is 0 Å². The van der Waals surface area contributed by atoms with Crippen molar-refractivity contribution in [1.29, 1.82) is 0 Å². The van der Waals surface area contributed by atoms with E-state index in [9.17, 15) is 0 Å². The first-order valence-corrected chi connectivity index (χ1v) is 21.7. The van der Waals surface area contributed by atoms with E-state index in [1.54, 1.807) is 0 Å². The van der Waals surface area contributed by atoms with Gasteiger partial charge in [0, 0.05) is 50.3 Å². The third-order valence-electron chi connectivity index (χ3n) is 9.59. The predicted octanol–water partition coefficient (Wildman–Crippen LogP) is 17.7. The van der Waals surface area contributed by atoms with E-state index < -0.39 is 0 Å². The zero-order chi connectivity index (χ0) is 43.0. The minimum atomic E-state index is -0.182. The van der Waals surface area contributed by atoms with Gasteiger partial charge in [-0.25, -0.2) is 0 Å². The van der Waals surface area contributed by atoms with Gasteiger partial charge in [-0.1, -0.05) is 213 Å². The number of nitrogens with zero attached hydrogens (tertiary/aromatic N) is 2. The lowest BCUT2D eigenvalue weighted by molar-refractivity contribution is 0.689. The van der Waals surface area contributed by atoms with Gasteiger partial charge in [-0.2, -0.15) is 0 Å². The summed E-state index contributed by atoms with van der Waals surface area (Å²) in [6, 6.07) is 21.2. The molecule has 4 aliphatic carbocycles. The fourth-order valence-electron chi connectivity index (χ4n) is 7.56. The molecule has 3 aromatic rings. The molecule has 2 unspecified atom stereocenters. The molecule has 1 fully saturated rings. The number of rotatable bonds is 10. The van der Waals surface area contributed by atoms with Crippen LogP contribution in [0.2, 0.25) is 0 Å². The molecule has 3 aromatic carbocycles. The van der Waals surface area contributed by atoms with Gasteiger partial charge in [-0.3, -0.25) is 0 Å². The lowest BCUT2D eigenvalue weighted by Gasteiger charge is -2.40. The second kappa shape index (κ2) is 25.7. The Bertz CT molecular complexity index is 1900. The van der Waals surface area contributed by atoms with Crippen molar-refractivity contribution in [2.45, 2.75) is 108 Å². The highest BCUT2D eigenvalue weighted by Gasteiger charge is 2.67. The molecule has 0 spiro atoms. The largest absolute Gasteiger partial charge is 0.310 e. The van der Waals surface area contributed by atoms with E-state index in [0.29, 0.717) is 0 Å². The summed E-state index contributed by atoms with van der Waals surface area (Å²) in [5.74, 6) is 0. The first kappa shape index (κ1) is 49.7. The standard InChI is InChI=1S/C43H38N2.6C2H6/c1-5-20-32(6-2)44(33-21-12-9-13-22-33)40-36(7-3)37(8-4)41(39-38(40)27-30-42-28-18-19-29-43(39,42)31-42)45(34-23-14-10-15-24-34)35-25-16-11-17-26-35;6*1-2/h5-10,12-16,18-30H,1-4,11,17,31H2;6*1-2H3/b32-20+;;;;;;. The van der Waals surface area contributed by atoms with Crippen molar-refractivity contribution in [3.8, 4) is 0 Å². The first-order chi connectivity index (χ1) is 28.1. The number of hydrogen-bond donors (Lipinski definition) is 0. The van der Waals surface area contributed by atoms with Gasteiger partial charge in [-0.05, 0) is 67.3 Å². The Kier molecular flexibility index (Phi) is 22.4. The number of fused-ring (bicyclic) bond motifs is 1. The Morgan fingerprint density at radius 3 is 1.67 bits per heavy atom. The summed E-state index contributed by atoms with van der Waals surface area (Å²) >= 11 is 0. The first-order valence-electron chi connectivity index (χ1n) is 21.7. The Morgan fingerprint density at radius 2 is 1.16 bits per heavy atom. The summed E-state index contributed by atoms with van der Waals surface area (Å²) < 4.78 is 0. The highest BCUT2D eigenvalue weighted by atomic mass is 15.2. The van der Waals surface area contributed by atoms with Crippen LogP contribution in [0.1, 0.15) is 125 Å². The summed E-state index contributed by atoms with van der Waals surface area (Å²) in [6.07, 6.45) is 33.7. The number of anilines is 4. The molecule has 0 heterocycles. The third-order valence-corrected chi connectivity index (χ3v) is 9.59. The van der Waals surface area contributed by atoms with Crippen LogP contribution < -0.4 is 9.80 Å². The summed E-state index contributed by atoms with van der Waals surface area (Å²) in [7, 11) is 0. The molecule has 0 aliphatic heterocycles. The molecule has 0 amide bonds. The molecule has 0 bridgehead atoms. The van der Waals surface area contributed by atoms with Crippen LogP contribution in [0.4, 0.5) is 22.7 Å². The summed E-state index contributed by atoms with van der Waals surface area (Å²) in [4.78, 5) is 4.75. The van der Waals surface area contributed by atoms with Crippen LogP contribution >= 0.6 is 0 Å². The van der Waals surface area contributed by atoms with E-state index in [1.807, 2.05) is 120 Å². The number of allylic oxidation sites excluding steroid dienone is 11. The quantitative estimate of drug-likeness (QED) is 0.190. The van der Waals surface area contributed by atoms with Gasteiger partial charge in [0.1, 0.15) is 0 Å². The van der Waals surface area contributed by atoms with Crippen molar-refractivity contribution in [2.75, 3.05) is 9.80 Å². The van der Waals surface area contributed by atoms with Crippen molar-refractivity contribution >= 4 is 41.0 Å². The van der Waals surface area contributed by atoms with Crippen LogP contribution in [0, 0.1) is 5.41 Å². The molecule has 0 saturated heterocycles. The van der Waals surface area contributed by atoms with Gasteiger partial charge in [0.05, 0.1) is 11.4 Å². The van der Waals surface area contributed by atoms with E-state index in [4.69, 9.17) is 0 Å². The number of benzene rings is 3. The molecule has 7 rings (SSSR count). The molecule has 0 radical (unpaired) electrons. The Labute approximate surface area is 350 Å².